The summed E-state index contributed by atoms with van der Waals surface area (Å²) in [6.07, 6.45) is 0. The number of ether oxygens (including phenoxy) is 1. The van der Waals surface area contributed by atoms with Gasteiger partial charge in [0, 0.05) is 17.7 Å². The molecular weight excluding hydrogens is 362 g/mol. The maximum absolute atomic E-state index is 10.9. The summed E-state index contributed by atoms with van der Waals surface area (Å²) in [5, 5.41) is 37.2. The first kappa shape index (κ1) is 17.1. The number of hydrogen-bond acceptors (Lipinski definition) is 7. The van der Waals surface area contributed by atoms with E-state index in [9.17, 15) is 20.5 Å². The second-order valence-corrected chi connectivity index (χ2v) is 6.14. The van der Waals surface area contributed by atoms with Gasteiger partial charge in [-0.3, -0.25) is 15.2 Å². The second kappa shape index (κ2) is 6.44. The van der Waals surface area contributed by atoms with Crippen LogP contribution >= 0.6 is 0 Å². The van der Waals surface area contributed by atoms with Crippen molar-refractivity contribution in [1.29, 1.82) is 5.26 Å². The van der Waals surface area contributed by atoms with E-state index in [1.165, 1.54) is 24.3 Å². The number of nitrogens with two attached hydrogens (primary N) is 1. The Hall–Kier alpha value is -4.32. The highest BCUT2D eigenvalue weighted by molar-refractivity contribution is 5.71. The van der Waals surface area contributed by atoms with Crippen LogP contribution in [0.2, 0.25) is 0 Å². The molecule has 9 nitrogen and oxygen atoms in total. The van der Waals surface area contributed by atoms with Crippen LogP contribution in [0.4, 0.5) is 5.69 Å². The number of nitriles is 1. The molecular formula is C19H13N5O4. The van der Waals surface area contributed by atoms with Crippen molar-refractivity contribution >= 4 is 5.69 Å². The predicted molar refractivity (Wildman–Crippen MR) is 98.1 cm³/mol. The second-order valence-electron chi connectivity index (χ2n) is 6.14. The molecule has 138 valence electrons. The lowest BCUT2D eigenvalue weighted by atomic mass is 9.83. The molecule has 1 aromatic heterocycles. The molecule has 4 rings (SSSR count). The molecule has 0 radical (unpaired) electrons. The Bertz CT molecular complexity index is 1140. The molecule has 0 aliphatic carbocycles. The Morgan fingerprint density at radius 3 is 2.50 bits per heavy atom. The molecule has 1 aliphatic rings. The lowest BCUT2D eigenvalue weighted by Gasteiger charge is -2.24. The van der Waals surface area contributed by atoms with Crippen molar-refractivity contribution in [3.63, 3.8) is 0 Å². The first-order chi connectivity index (χ1) is 13.5. The topological polar surface area (TPSA) is 151 Å². The third kappa shape index (κ3) is 2.69. The van der Waals surface area contributed by atoms with E-state index in [4.69, 9.17) is 10.5 Å². The normalized spacial score (nSPS) is 15.5. The quantitative estimate of drug-likeness (QED) is 0.470. The van der Waals surface area contributed by atoms with Crippen LogP contribution in [-0.2, 0) is 0 Å². The van der Waals surface area contributed by atoms with Gasteiger partial charge in [-0.1, -0.05) is 12.1 Å². The van der Waals surface area contributed by atoms with E-state index < -0.39 is 10.8 Å². The Labute approximate surface area is 158 Å². The summed E-state index contributed by atoms with van der Waals surface area (Å²) in [5.74, 6) is -0.301. The number of benzene rings is 2. The first-order valence-electron chi connectivity index (χ1n) is 8.19. The van der Waals surface area contributed by atoms with Crippen molar-refractivity contribution in [1.82, 2.24) is 10.2 Å². The number of aromatic hydroxyl groups is 1. The van der Waals surface area contributed by atoms with Crippen LogP contribution in [0.25, 0.3) is 11.3 Å². The molecule has 0 saturated heterocycles. The number of nitrogens with zero attached hydrogens (tertiary/aromatic N) is 3. The first-order valence-corrected chi connectivity index (χ1v) is 8.19. The number of allylic oxidation sites excluding steroid dienone is 1. The van der Waals surface area contributed by atoms with Crippen molar-refractivity contribution in [3.8, 4) is 29.0 Å². The molecule has 28 heavy (non-hydrogen) atoms. The molecule has 0 amide bonds. The SMILES string of the molecule is N#CC1=C(N)Oc2n[nH]c(-c3ccc([N+](=O)[O-])cc3)c2[C@H]1c1ccc(O)cc1. The van der Waals surface area contributed by atoms with Crippen molar-refractivity contribution < 1.29 is 14.8 Å². The molecule has 9 heteroatoms. The summed E-state index contributed by atoms with van der Waals surface area (Å²) in [5.41, 5.74) is 8.60. The number of nitro groups is 1. The van der Waals surface area contributed by atoms with Crippen molar-refractivity contribution in [3.05, 3.63) is 81.2 Å². The number of fused-ring (bicyclic) bond motifs is 1. The minimum atomic E-state index is -0.571. The molecule has 2 heterocycles. The van der Waals surface area contributed by atoms with Gasteiger partial charge in [0.1, 0.15) is 17.4 Å². The van der Waals surface area contributed by atoms with Crippen LogP contribution in [0.15, 0.2) is 60.0 Å². The molecule has 1 atom stereocenters. The highest BCUT2D eigenvalue weighted by atomic mass is 16.6. The van der Waals surface area contributed by atoms with Crippen LogP contribution in [-0.4, -0.2) is 20.2 Å². The fourth-order valence-corrected chi connectivity index (χ4v) is 3.22. The Morgan fingerprint density at radius 1 is 1.21 bits per heavy atom. The molecule has 3 aromatic rings. The van der Waals surface area contributed by atoms with Gasteiger partial charge >= 0.3 is 0 Å². The summed E-state index contributed by atoms with van der Waals surface area (Å²) < 4.78 is 5.51. The number of nitro benzene ring substituents is 1. The number of non-ortho nitro benzene ring substituents is 1. The van der Waals surface area contributed by atoms with Gasteiger partial charge in [-0.15, -0.1) is 5.10 Å². The maximum atomic E-state index is 10.9. The summed E-state index contributed by atoms with van der Waals surface area (Å²) in [6.45, 7) is 0. The van der Waals surface area contributed by atoms with Crippen molar-refractivity contribution in [2.24, 2.45) is 5.73 Å². The fourth-order valence-electron chi connectivity index (χ4n) is 3.22. The van der Waals surface area contributed by atoms with Gasteiger partial charge in [-0.2, -0.15) is 5.26 Å². The van der Waals surface area contributed by atoms with E-state index in [-0.39, 0.29) is 28.8 Å². The Kier molecular flexibility index (Phi) is 3.94. The van der Waals surface area contributed by atoms with Gasteiger partial charge < -0.3 is 15.6 Å². The average Bonchev–Trinajstić information content (AvgIpc) is 3.11. The zero-order valence-corrected chi connectivity index (χ0v) is 14.3. The number of aromatic amines is 1. The van der Waals surface area contributed by atoms with Gasteiger partial charge in [0.05, 0.1) is 22.1 Å². The van der Waals surface area contributed by atoms with Gasteiger partial charge in [-0.25, -0.2) is 0 Å². The molecule has 2 aromatic carbocycles. The van der Waals surface area contributed by atoms with E-state index in [0.717, 1.165) is 0 Å². The van der Waals surface area contributed by atoms with E-state index in [1.54, 1.807) is 24.3 Å². The lowest BCUT2D eigenvalue weighted by Crippen LogP contribution is -2.20. The van der Waals surface area contributed by atoms with E-state index in [1.807, 2.05) is 0 Å². The number of hydrogen-bond donors (Lipinski definition) is 3. The van der Waals surface area contributed by atoms with Gasteiger partial charge in [0.15, 0.2) is 0 Å². The fraction of sp³-hybridized carbons (Fsp3) is 0.0526. The highest BCUT2D eigenvalue weighted by Gasteiger charge is 2.35. The summed E-state index contributed by atoms with van der Waals surface area (Å²) in [4.78, 5) is 10.4. The number of H-pyrrole nitrogens is 1. The minimum absolute atomic E-state index is 0.0367. The van der Waals surface area contributed by atoms with Gasteiger partial charge in [-0.05, 0) is 29.8 Å². The van der Waals surface area contributed by atoms with Crippen LogP contribution in [0, 0.1) is 21.4 Å². The molecule has 4 N–H and O–H groups in total. The monoisotopic (exact) mass is 375 g/mol. The number of phenolic OH excluding ortho intramolecular Hbond substituents is 1. The summed E-state index contributed by atoms with van der Waals surface area (Å²) in [6, 6.07) is 14.4. The Morgan fingerprint density at radius 2 is 1.89 bits per heavy atom. The van der Waals surface area contributed by atoms with Crippen LogP contribution in [0.1, 0.15) is 17.0 Å². The highest BCUT2D eigenvalue weighted by Crippen LogP contribution is 2.45. The minimum Gasteiger partial charge on any atom is -0.508 e. The third-order valence-electron chi connectivity index (χ3n) is 4.53. The van der Waals surface area contributed by atoms with Gasteiger partial charge in [0.2, 0.25) is 11.8 Å². The van der Waals surface area contributed by atoms with E-state index in [0.29, 0.717) is 22.4 Å². The molecule has 1 aliphatic heterocycles. The maximum Gasteiger partial charge on any atom is 0.269 e. The van der Waals surface area contributed by atoms with Gasteiger partial charge in [0.25, 0.3) is 5.69 Å². The summed E-state index contributed by atoms with van der Waals surface area (Å²) >= 11 is 0. The smallest absolute Gasteiger partial charge is 0.269 e. The number of rotatable bonds is 3. The lowest BCUT2D eigenvalue weighted by molar-refractivity contribution is -0.384. The molecule has 0 saturated carbocycles. The molecule has 0 bridgehead atoms. The average molecular weight is 375 g/mol. The van der Waals surface area contributed by atoms with E-state index >= 15 is 0 Å². The zero-order valence-electron chi connectivity index (χ0n) is 14.3. The molecule has 0 spiro atoms. The van der Waals surface area contributed by atoms with Crippen LogP contribution in [0.3, 0.4) is 0 Å². The largest absolute Gasteiger partial charge is 0.508 e. The predicted octanol–water partition coefficient (Wildman–Crippen LogP) is 2.91. The van der Waals surface area contributed by atoms with Crippen molar-refractivity contribution in [2.45, 2.75) is 5.92 Å². The standard InChI is InChI=1S/C19H13N5O4/c20-9-14-15(10-3-7-13(25)8-4-10)16-17(22-23-19(16)28-18(14)21)11-1-5-12(6-2-11)24(26)27/h1-8,15,25H,21H2,(H,22,23)/t15-/m0/s1. The van der Waals surface area contributed by atoms with Crippen LogP contribution < -0.4 is 10.5 Å². The number of aromatic nitrogens is 2. The summed E-state index contributed by atoms with van der Waals surface area (Å²) in [7, 11) is 0. The zero-order chi connectivity index (χ0) is 19.8. The number of phenols is 1. The van der Waals surface area contributed by atoms with Crippen molar-refractivity contribution in [2.75, 3.05) is 0 Å². The van der Waals surface area contributed by atoms with E-state index in [2.05, 4.69) is 16.3 Å². The van der Waals surface area contributed by atoms with Crippen LogP contribution in [0.5, 0.6) is 11.6 Å². The molecule has 0 unspecified atom stereocenters. The Balaban J connectivity index is 1.89. The number of nitrogens with one attached hydrogen (secondary N) is 1. The molecule has 0 fully saturated rings. The third-order valence-corrected chi connectivity index (χ3v) is 4.53.